The summed E-state index contributed by atoms with van der Waals surface area (Å²) in [4.78, 5) is 41.0. The van der Waals surface area contributed by atoms with Gasteiger partial charge in [0.05, 0.1) is 13.2 Å². The van der Waals surface area contributed by atoms with Crippen LogP contribution < -0.4 is 15.5 Å². The van der Waals surface area contributed by atoms with E-state index in [1.807, 2.05) is 26.0 Å². The molecule has 0 spiro atoms. The van der Waals surface area contributed by atoms with Gasteiger partial charge in [-0.3, -0.25) is 14.4 Å². The second kappa shape index (κ2) is 10.3. The van der Waals surface area contributed by atoms with Crippen LogP contribution in [0, 0.1) is 13.8 Å². The van der Waals surface area contributed by atoms with Gasteiger partial charge in [-0.25, -0.2) is 4.98 Å². The third-order valence-electron chi connectivity index (χ3n) is 4.63. The number of carbonyl (C=O) groups is 3. The minimum atomic E-state index is -0.417. The number of hydrogen-bond donors (Lipinski definition) is 3. The summed E-state index contributed by atoms with van der Waals surface area (Å²) in [6.07, 6.45) is 4.39. The number of aromatic nitrogens is 1. The first-order valence-corrected chi connectivity index (χ1v) is 9.39. The Bertz CT molecular complexity index is 968. The molecule has 2 rings (SSSR count). The summed E-state index contributed by atoms with van der Waals surface area (Å²) in [7, 11) is 1.63. The van der Waals surface area contributed by atoms with Crippen LogP contribution >= 0.6 is 0 Å². The van der Waals surface area contributed by atoms with Crippen molar-refractivity contribution >= 4 is 35.3 Å². The van der Waals surface area contributed by atoms with Crippen LogP contribution in [0.3, 0.4) is 0 Å². The third-order valence-corrected chi connectivity index (χ3v) is 4.63. The highest BCUT2D eigenvalue weighted by Crippen LogP contribution is 2.25. The third kappa shape index (κ3) is 5.99. The SMILES string of the molecule is CC(=O)Nc1ccc(/C=C/C(=O)NCC(=O)N(C)c2ccc(C)c(CO)c2C)cn1. The van der Waals surface area contributed by atoms with Crippen LogP contribution in [0.1, 0.15) is 29.2 Å². The van der Waals surface area contributed by atoms with E-state index < -0.39 is 5.91 Å². The second-order valence-corrected chi connectivity index (χ2v) is 6.83. The van der Waals surface area contributed by atoms with Crippen LogP contribution in [0.15, 0.2) is 36.5 Å². The van der Waals surface area contributed by atoms with E-state index in [1.54, 1.807) is 25.3 Å². The average Bonchev–Trinajstić information content (AvgIpc) is 2.71. The molecule has 1 aromatic carbocycles. The van der Waals surface area contributed by atoms with E-state index in [0.29, 0.717) is 17.1 Å². The fourth-order valence-electron chi connectivity index (χ4n) is 2.89. The highest BCUT2D eigenvalue weighted by Gasteiger charge is 2.16. The van der Waals surface area contributed by atoms with Gasteiger partial charge in [-0.2, -0.15) is 0 Å². The normalized spacial score (nSPS) is 10.7. The Morgan fingerprint density at radius 3 is 2.50 bits per heavy atom. The summed E-state index contributed by atoms with van der Waals surface area (Å²) in [6.45, 7) is 4.88. The van der Waals surface area contributed by atoms with Gasteiger partial charge in [0.2, 0.25) is 17.7 Å². The molecule has 3 amide bonds. The summed E-state index contributed by atoms with van der Waals surface area (Å²) in [5.74, 6) is -0.491. The first-order valence-electron chi connectivity index (χ1n) is 9.39. The van der Waals surface area contributed by atoms with Crippen LogP contribution in [0.25, 0.3) is 6.08 Å². The molecular weight excluding hydrogens is 384 g/mol. The molecule has 0 bridgehead atoms. The number of amides is 3. The zero-order valence-corrected chi connectivity index (χ0v) is 17.5. The van der Waals surface area contributed by atoms with Crippen molar-refractivity contribution in [3.63, 3.8) is 0 Å². The van der Waals surface area contributed by atoms with E-state index in [0.717, 1.165) is 16.7 Å². The highest BCUT2D eigenvalue weighted by molar-refractivity contribution is 5.99. The van der Waals surface area contributed by atoms with Crippen LogP contribution in [0.5, 0.6) is 0 Å². The van der Waals surface area contributed by atoms with Crippen molar-refractivity contribution in [1.29, 1.82) is 0 Å². The van der Waals surface area contributed by atoms with E-state index >= 15 is 0 Å². The highest BCUT2D eigenvalue weighted by atomic mass is 16.3. The van der Waals surface area contributed by atoms with E-state index in [4.69, 9.17) is 0 Å². The Hall–Kier alpha value is -3.52. The summed E-state index contributed by atoms with van der Waals surface area (Å²) in [5.41, 5.74) is 3.93. The number of likely N-dealkylation sites (N-methyl/N-ethyl adjacent to an activating group) is 1. The van der Waals surface area contributed by atoms with E-state index in [-0.39, 0.29) is 25.0 Å². The summed E-state index contributed by atoms with van der Waals surface area (Å²) in [5, 5.41) is 14.7. The lowest BCUT2D eigenvalue weighted by molar-refractivity contribution is -0.122. The van der Waals surface area contributed by atoms with Crippen molar-refractivity contribution in [1.82, 2.24) is 10.3 Å². The van der Waals surface area contributed by atoms with Crippen LogP contribution in [0.4, 0.5) is 11.5 Å². The lowest BCUT2D eigenvalue weighted by atomic mass is 10.0. The first-order chi connectivity index (χ1) is 14.2. The number of carbonyl (C=O) groups excluding carboxylic acids is 3. The number of nitrogens with zero attached hydrogens (tertiary/aromatic N) is 2. The maximum absolute atomic E-state index is 12.5. The maximum atomic E-state index is 12.5. The first kappa shape index (κ1) is 22.8. The predicted molar refractivity (Wildman–Crippen MR) is 116 cm³/mol. The Labute approximate surface area is 175 Å². The summed E-state index contributed by atoms with van der Waals surface area (Å²) >= 11 is 0. The molecule has 1 aromatic heterocycles. The average molecular weight is 410 g/mol. The molecule has 8 nitrogen and oxygen atoms in total. The molecule has 158 valence electrons. The quantitative estimate of drug-likeness (QED) is 0.604. The molecule has 0 fully saturated rings. The number of anilines is 2. The lowest BCUT2D eigenvalue weighted by Crippen LogP contribution is -2.38. The predicted octanol–water partition coefficient (Wildman–Crippen LogP) is 1.94. The van der Waals surface area contributed by atoms with E-state index in [2.05, 4.69) is 15.6 Å². The van der Waals surface area contributed by atoms with Gasteiger partial charge < -0.3 is 20.6 Å². The van der Waals surface area contributed by atoms with Gasteiger partial charge in [0.25, 0.3) is 0 Å². The van der Waals surface area contributed by atoms with Gasteiger partial charge in [-0.15, -0.1) is 0 Å². The molecule has 8 heteroatoms. The van der Waals surface area contributed by atoms with Gasteiger partial charge in [0.1, 0.15) is 5.82 Å². The number of rotatable bonds is 7. The molecule has 0 unspecified atom stereocenters. The number of aliphatic hydroxyl groups is 1. The Balaban J connectivity index is 1.93. The summed E-state index contributed by atoms with van der Waals surface area (Å²) in [6, 6.07) is 7.01. The number of hydrogen-bond acceptors (Lipinski definition) is 5. The maximum Gasteiger partial charge on any atom is 0.246 e. The number of aryl methyl sites for hydroxylation is 1. The topological polar surface area (TPSA) is 112 Å². The number of aliphatic hydroxyl groups excluding tert-OH is 1. The van der Waals surface area contributed by atoms with Gasteiger partial charge in [0, 0.05) is 31.9 Å². The van der Waals surface area contributed by atoms with Gasteiger partial charge >= 0.3 is 0 Å². The molecule has 3 N–H and O–H groups in total. The van der Waals surface area contributed by atoms with Crippen LogP contribution in [-0.4, -0.2) is 41.4 Å². The zero-order chi connectivity index (χ0) is 22.3. The minimum Gasteiger partial charge on any atom is -0.392 e. The Morgan fingerprint density at radius 2 is 1.90 bits per heavy atom. The molecule has 0 radical (unpaired) electrons. The second-order valence-electron chi connectivity index (χ2n) is 6.83. The smallest absolute Gasteiger partial charge is 0.246 e. The van der Waals surface area contributed by atoms with Crippen LogP contribution in [-0.2, 0) is 21.0 Å². The largest absolute Gasteiger partial charge is 0.392 e. The molecule has 1 heterocycles. The van der Waals surface area contributed by atoms with Crippen molar-refractivity contribution in [3.8, 4) is 0 Å². The molecule has 0 aliphatic carbocycles. The van der Waals surface area contributed by atoms with Crippen molar-refractivity contribution in [2.24, 2.45) is 0 Å². The minimum absolute atomic E-state index is 0.101. The fraction of sp³-hybridized carbons (Fsp3) is 0.273. The number of nitrogens with one attached hydrogen (secondary N) is 2. The number of benzene rings is 1. The number of pyridine rings is 1. The monoisotopic (exact) mass is 410 g/mol. The fourth-order valence-corrected chi connectivity index (χ4v) is 2.89. The van der Waals surface area contributed by atoms with Gasteiger partial charge in [-0.1, -0.05) is 6.07 Å². The van der Waals surface area contributed by atoms with Crippen molar-refractivity contribution in [2.75, 3.05) is 23.8 Å². The van der Waals surface area contributed by atoms with E-state index in [1.165, 1.54) is 24.1 Å². The van der Waals surface area contributed by atoms with Crippen molar-refractivity contribution in [3.05, 3.63) is 58.8 Å². The van der Waals surface area contributed by atoms with Gasteiger partial charge in [-0.05, 0) is 60.4 Å². The zero-order valence-electron chi connectivity index (χ0n) is 17.5. The van der Waals surface area contributed by atoms with E-state index in [9.17, 15) is 19.5 Å². The summed E-state index contributed by atoms with van der Waals surface area (Å²) < 4.78 is 0. The van der Waals surface area contributed by atoms with Gasteiger partial charge in [0.15, 0.2) is 0 Å². The standard InChI is InChI=1S/C22H26N4O4/c1-14-5-8-19(15(2)18(14)13-27)26(4)22(30)12-24-21(29)10-7-17-6-9-20(23-11-17)25-16(3)28/h5-11,27H,12-13H2,1-4H3,(H,24,29)(H,23,25,28)/b10-7+. The molecule has 30 heavy (non-hydrogen) atoms. The Morgan fingerprint density at radius 1 is 1.17 bits per heavy atom. The van der Waals surface area contributed by atoms with Crippen LogP contribution in [0.2, 0.25) is 0 Å². The van der Waals surface area contributed by atoms with Crippen molar-refractivity contribution in [2.45, 2.75) is 27.4 Å². The molecule has 0 saturated heterocycles. The molecule has 0 aliphatic heterocycles. The Kier molecular flexibility index (Phi) is 7.83. The molecular formula is C22H26N4O4. The van der Waals surface area contributed by atoms with Crippen molar-refractivity contribution < 1.29 is 19.5 Å². The molecule has 0 aliphatic rings. The molecule has 0 saturated carbocycles. The molecule has 0 atom stereocenters. The molecule has 2 aromatic rings. The lowest BCUT2D eigenvalue weighted by Gasteiger charge is -2.22.